The molecule has 0 radical (unpaired) electrons. The molecule has 0 aliphatic rings. The summed E-state index contributed by atoms with van der Waals surface area (Å²) in [5.74, 6) is -2.65. The van der Waals surface area contributed by atoms with Gasteiger partial charge in [0, 0.05) is 12.6 Å². The topological polar surface area (TPSA) is 73.6 Å². The number of ether oxygens (including phenoxy) is 2. The third-order valence-electron chi connectivity index (χ3n) is 3.33. The van der Waals surface area contributed by atoms with E-state index in [9.17, 15) is 18.0 Å². The molecule has 0 amide bonds. The van der Waals surface area contributed by atoms with E-state index in [-0.39, 0.29) is 33.5 Å². The van der Waals surface area contributed by atoms with Gasteiger partial charge in [-0.3, -0.25) is 0 Å². The zero-order valence-electron chi connectivity index (χ0n) is 13.5. The highest BCUT2D eigenvalue weighted by molar-refractivity contribution is 6.34. The average Bonchev–Trinajstić information content (AvgIpc) is 2.81. The van der Waals surface area contributed by atoms with E-state index >= 15 is 0 Å². The Labute approximate surface area is 156 Å². The summed E-state index contributed by atoms with van der Waals surface area (Å²) in [7, 11) is 1.29. The number of aliphatic carboxylic acids is 1. The lowest BCUT2D eigenvalue weighted by molar-refractivity contribution is -0.145. The van der Waals surface area contributed by atoms with Crippen LogP contribution >= 0.6 is 23.2 Å². The Hall–Kier alpha value is -2.13. The highest BCUT2D eigenvalue weighted by Gasteiger charge is 2.25. The third kappa shape index (κ3) is 4.16. The van der Waals surface area contributed by atoms with Gasteiger partial charge in [-0.15, -0.1) is 0 Å². The van der Waals surface area contributed by atoms with Crippen molar-refractivity contribution in [2.75, 3.05) is 0 Å². The van der Waals surface area contributed by atoms with Gasteiger partial charge >= 0.3 is 12.6 Å². The number of benzene rings is 1. The molecule has 1 atom stereocenters. The second kappa shape index (κ2) is 8.05. The summed E-state index contributed by atoms with van der Waals surface area (Å²) in [5.41, 5.74) is -0.401. The van der Waals surface area contributed by atoms with Crippen LogP contribution in [0, 0.1) is 5.82 Å². The summed E-state index contributed by atoms with van der Waals surface area (Å²) in [6.07, 6.45) is -1.07. The summed E-state index contributed by atoms with van der Waals surface area (Å²) in [5, 5.41) is 12.4. The molecule has 1 N–H and O–H groups in total. The number of rotatable bonds is 7. The zero-order chi connectivity index (χ0) is 19.6. The molecule has 1 aromatic heterocycles. The van der Waals surface area contributed by atoms with E-state index in [0.29, 0.717) is 0 Å². The Morgan fingerprint density at radius 2 is 2.00 bits per heavy atom. The SMILES string of the molecule is CCC(Oc1cc(-c2nn(C)c(OC(F)F)c2Cl)c(F)cc1Cl)C(=O)O. The number of alkyl halides is 2. The van der Waals surface area contributed by atoms with Gasteiger partial charge in [0.15, 0.2) is 6.10 Å². The maximum absolute atomic E-state index is 14.3. The Bertz CT molecular complexity index is 830. The minimum Gasteiger partial charge on any atom is -0.479 e. The second-order valence-corrected chi connectivity index (χ2v) is 5.87. The molecule has 0 fully saturated rings. The van der Waals surface area contributed by atoms with Crippen molar-refractivity contribution in [3.05, 3.63) is 28.0 Å². The molecule has 2 aromatic rings. The van der Waals surface area contributed by atoms with Crippen LogP contribution in [0.2, 0.25) is 10.0 Å². The fraction of sp³-hybridized carbons (Fsp3) is 0.333. The lowest BCUT2D eigenvalue weighted by atomic mass is 10.1. The molecule has 142 valence electrons. The number of aryl methyl sites for hydroxylation is 1. The molecule has 1 heterocycles. The highest BCUT2D eigenvalue weighted by Crippen LogP contribution is 2.40. The maximum Gasteiger partial charge on any atom is 0.388 e. The van der Waals surface area contributed by atoms with Gasteiger partial charge in [0.25, 0.3) is 0 Å². The number of hydrogen-bond acceptors (Lipinski definition) is 4. The third-order valence-corrected chi connectivity index (χ3v) is 3.97. The number of halogens is 5. The van der Waals surface area contributed by atoms with Gasteiger partial charge in [0.05, 0.1) is 5.02 Å². The van der Waals surface area contributed by atoms with Crippen LogP contribution in [0.1, 0.15) is 13.3 Å². The first kappa shape index (κ1) is 20.2. The summed E-state index contributed by atoms with van der Waals surface area (Å²) in [4.78, 5) is 11.1. The smallest absolute Gasteiger partial charge is 0.388 e. The van der Waals surface area contributed by atoms with Gasteiger partial charge < -0.3 is 14.6 Å². The van der Waals surface area contributed by atoms with Crippen LogP contribution < -0.4 is 9.47 Å². The molecule has 1 unspecified atom stereocenters. The molecule has 0 saturated carbocycles. The van der Waals surface area contributed by atoms with Crippen LogP contribution in [-0.2, 0) is 11.8 Å². The predicted octanol–water partition coefficient (Wildman–Crippen LogP) is 4.38. The predicted molar refractivity (Wildman–Crippen MR) is 87.6 cm³/mol. The van der Waals surface area contributed by atoms with Gasteiger partial charge in [0.2, 0.25) is 5.88 Å². The van der Waals surface area contributed by atoms with Crippen LogP contribution in [0.25, 0.3) is 11.3 Å². The van der Waals surface area contributed by atoms with Crippen molar-refractivity contribution in [1.29, 1.82) is 0 Å². The number of nitrogens with zero attached hydrogens (tertiary/aromatic N) is 2. The van der Waals surface area contributed by atoms with Gasteiger partial charge in [-0.2, -0.15) is 13.9 Å². The van der Waals surface area contributed by atoms with Gasteiger partial charge in [0.1, 0.15) is 22.3 Å². The van der Waals surface area contributed by atoms with E-state index in [2.05, 4.69) is 9.84 Å². The fourth-order valence-electron chi connectivity index (χ4n) is 2.13. The molecule has 0 bridgehead atoms. The molecular weight excluding hydrogens is 400 g/mol. The number of hydrogen-bond donors (Lipinski definition) is 1. The standard InChI is InChI=1S/C15H13Cl2F3N2O4/c1-3-9(14(23)24)25-10-4-6(8(18)5-7(10)16)12-11(17)13(22(2)21-12)26-15(19)20/h4-5,9,15H,3H2,1-2H3,(H,23,24). The maximum atomic E-state index is 14.3. The van der Waals surface area contributed by atoms with Crippen molar-refractivity contribution in [2.45, 2.75) is 26.1 Å². The minimum absolute atomic E-state index is 0.115. The van der Waals surface area contributed by atoms with Gasteiger partial charge in [-0.05, 0) is 18.6 Å². The summed E-state index contributed by atoms with van der Waals surface area (Å²) >= 11 is 11.9. The number of carboxylic acid groups (broad SMARTS) is 1. The Morgan fingerprint density at radius 1 is 1.35 bits per heavy atom. The molecule has 0 saturated heterocycles. The largest absolute Gasteiger partial charge is 0.479 e. The molecule has 0 spiro atoms. The van der Waals surface area contributed by atoms with Crippen LogP contribution in [0.4, 0.5) is 13.2 Å². The van der Waals surface area contributed by atoms with Crippen molar-refractivity contribution in [2.24, 2.45) is 7.05 Å². The van der Waals surface area contributed by atoms with Crippen molar-refractivity contribution in [3.8, 4) is 22.9 Å². The number of aromatic nitrogens is 2. The first-order chi connectivity index (χ1) is 12.1. The summed E-state index contributed by atoms with van der Waals surface area (Å²) in [6, 6.07) is 1.99. The first-order valence-electron chi connectivity index (χ1n) is 7.21. The first-order valence-corrected chi connectivity index (χ1v) is 7.97. The van der Waals surface area contributed by atoms with Crippen LogP contribution in [0.5, 0.6) is 11.6 Å². The number of carbonyl (C=O) groups is 1. The van der Waals surface area contributed by atoms with Crippen molar-refractivity contribution >= 4 is 29.2 Å². The molecule has 0 aliphatic heterocycles. The van der Waals surface area contributed by atoms with Crippen LogP contribution in [-0.4, -0.2) is 33.6 Å². The lowest BCUT2D eigenvalue weighted by Gasteiger charge is -2.15. The average molecular weight is 413 g/mol. The molecule has 2 rings (SSSR count). The summed E-state index contributed by atoms with van der Waals surface area (Å²) < 4.78 is 49.7. The quantitative estimate of drug-likeness (QED) is 0.730. The molecule has 26 heavy (non-hydrogen) atoms. The second-order valence-electron chi connectivity index (χ2n) is 5.09. The van der Waals surface area contributed by atoms with E-state index < -0.39 is 30.4 Å². The van der Waals surface area contributed by atoms with E-state index in [4.69, 9.17) is 33.0 Å². The van der Waals surface area contributed by atoms with Gasteiger partial charge in [-0.25, -0.2) is 13.9 Å². The van der Waals surface area contributed by atoms with Crippen molar-refractivity contribution in [3.63, 3.8) is 0 Å². The minimum atomic E-state index is -3.15. The fourth-order valence-corrected chi connectivity index (χ4v) is 2.63. The van der Waals surface area contributed by atoms with Gasteiger partial charge in [-0.1, -0.05) is 30.1 Å². The van der Waals surface area contributed by atoms with E-state index in [1.807, 2.05) is 0 Å². The lowest BCUT2D eigenvalue weighted by Crippen LogP contribution is -2.26. The molecule has 6 nitrogen and oxygen atoms in total. The normalized spacial score (nSPS) is 12.3. The zero-order valence-corrected chi connectivity index (χ0v) is 15.0. The van der Waals surface area contributed by atoms with E-state index in [0.717, 1.165) is 16.8 Å². The molecular formula is C15H13Cl2F3N2O4. The highest BCUT2D eigenvalue weighted by atomic mass is 35.5. The van der Waals surface area contributed by atoms with E-state index in [1.165, 1.54) is 7.05 Å². The summed E-state index contributed by atoms with van der Waals surface area (Å²) in [6.45, 7) is -1.56. The van der Waals surface area contributed by atoms with Crippen molar-refractivity contribution < 1.29 is 32.5 Å². The Balaban J connectivity index is 2.51. The van der Waals surface area contributed by atoms with Crippen LogP contribution in [0.3, 0.4) is 0 Å². The number of carboxylic acids is 1. The Kier molecular flexibility index (Phi) is 6.25. The Morgan fingerprint density at radius 3 is 2.54 bits per heavy atom. The van der Waals surface area contributed by atoms with Crippen molar-refractivity contribution in [1.82, 2.24) is 9.78 Å². The van der Waals surface area contributed by atoms with E-state index in [1.54, 1.807) is 6.92 Å². The van der Waals surface area contributed by atoms with Crippen LogP contribution in [0.15, 0.2) is 12.1 Å². The molecule has 1 aromatic carbocycles. The molecule has 0 aliphatic carbocycles. The monoisotopic (exact) mass is 412 g/mol. The molecule has 11 heteroatoms.